The maximum absolute atomic E-state index is 8.87. The van der Waals surface area contributed by atoms with Crippen molar-refractivity contribution < 1.29 is 9.52 Å². The average molecular weight is 253 g/mol. The molecule has 0 radical (unpaired) electrons. The lowest BCUT2D eigenvalue weighted by Crippen LogP contribution is -2.01. The van der Waals surface area contributed by atoms with Gasteiger partial charge in [0.2, 0.25) is 0 Å². The molecule has 2 aromatic heterocycles. The van der Waals surface area contributed by atoms with Crippen LogP contribution in [-0.2, 0) is 13.2 Å². The summed E-state index contributed by atoms with van der Waals surface area (Å²) >= 11 is 5.77. The average Bonchev–Trinajstić information content (AvgIpc) is 2.76. The molecule has 0 saturated carbocycles. The zero-order chi connectivity index (χ0) is 12.3. The van der Waals surface area contributed by atoms with Crippen LogP contribution in [0.5, 0.6) is 0 Å². The summed E-state index contributed by atoms with van der Waals surface area (Å²) in [6.07, 6.45) is 0. The molecule has 0 unspecified atom stereocenters. The standard InChI is InChI=1S/C12H13ClN2O2/c1-8-11(4-5-12(13)15-8)14-6-9-2-3-10(7-16)17-9/h2-5,14,16H,6-7H2,1H3. The van der Waals surface area contributed by atoms with Crippen molar-refractivity contribution in [2.24, 2.45) is 0 Å². The van der Waals surface area contributed by atoms with Crippen molar-refractivity contribution in [3.63, 3.8) is 0 Å². The van der Waals surface area contributed by atoms with Gasteiger partial charge in [0.1, 0.15) is 23.3 Å². The molecule has 0 aliphatic carbocycles. The highest BCUT2D eigenvalue weighted by Gasteiger charge is 2.03. The Morgan fingerprint density at radius 3 is 2.71 bits per heavy atom. The molecule has 0 bridgehead atoms. The minimum Gasteiger partial charge on any atom is -0.462 e. The van der Waals surface area contributed by atoms with Crippen molar-refractivity contribution in [3.8, 4) is 0 Å². The van der Waals surface area contributed by atoms with Gasteiger partial charge in [-0.1, -0.05) is 11.6 Å². The monoisotopic (exact) mass is 252 g/mol. The summed E-state index contributed by atoms with van der Waals surface area (Å²) in [4.78, 5) is 4.14. The number of aliphatic hydroxyl groups excluding tert-OH is 1. The molecule has 0 aromatic carbocycles. The number of furan rings is 1. The molecule has 4 nitrogen and oxygen atoms in total. The molecule has 2 aromatic rings. The Labute approximate surface area is 104 Å². The smallest absolute Gasteiger partial charge is 0.129 e. The maximum Gasteiger partial charge on any atom is 0.129 e. The third kappa shape index (κ3) is 2.99. The van der Waals surface area contributed by atoms with E-state index in [-0.39, 0.29) is 6.61 Å². The molecule has 17 heavy (non-hydrogen) atoms. The fourth-order valence-corrected chi connectivity index (χ4v) is 1.69. The van der Waals surface area contributed by atoms with Crippen LogP contribution < -0.4 is 5.32 Å². The number of aromatic nitrogens is 1. The van der Waals surface area contributed by atoms with Crippen LogP contribution in [0.25, 0.3) is 0 Å². The molecule has 5 heteroatoms. The second kappa shape index (κ2) is 5.21. The summed E-state index contributed by atoms with van der Waals surface area (Å²) < 4.78 is 5.36. The largest absolute Gasteiger partial charge is 0.462 e. The van der Waals surface area contributed by atoms with Gasteiger partial charge in [0.25, 0.3) is 0 Å². The number of aryl methyl sites for hydroxylation is 1. The molecular formula is C12H13ClN2O2. The second-order valence-corrected chi connectivity index (χ2v) is 4.03. The summed E-state index contributed by atoms with van der Waals surface area (Å²) in [5, 5.41) is 12.5. The molecule has 90 valence electrons. The van der Waals surface area contributed by atoms with E-state index in [4.69, 9.17) is 21.1 Å². The fourth-order valence-electron chi connectivity index (χ4n) is 1.50. The van der Waals surface area contributed by atoms with Crippen molar-refractivity contribution in [1.82, 2.24) is 4.98 Å². The molecule has 0 spiro atoms. The van der Waals surface area contributed by atoms with Gasteiger partial charge >= 0.3 is 0 Å². The first-order valence-corrected chi connectivity index (χ1v) is 5.62. The summed E-state index contributed by atoms with van der Waals surface area (Å²) in [7, 11) is 0. The lowest BCUT2D eigenvalue weighted by molar-refractivity contribution is 0.244. The van der Waals surface area contributed by atoms with Gasteiger partial charge in [0.05, 0.1) is 17.9 Å². The number of pyridine rings is 1. The lowest BCUT2D eigenvalue weighted by Gasteiger charge is -2.07. The zero-order valence-electron chi connectivity index (χ0n) is 9.40. The Morgan fingerprint density at radius 1 is 1.29 bits per heavy atom. The van der Waals surface area contributed by atoms with Crippen LogP contribution >= 0.6 is 11.6 Å². The number of aliphatic hydroxyl groups is 1. The highest BCUT2D eigenvalue weighted by Crippen LogP contribution is 2.17. The van der Waals surface area contributed by atoms with Crippen molar-refractivity contribution in [2.45, 2.75) is 20.1 Å². The van der Waals surface area contributed by atoms with E-state index in [9.17, 15) is 0 Å². The number of rotatable bonds is 4. The summed E-state index contributed by atoms with van der Waals surface area (Å²) in [6, 6.07) is 7.19. The van der Waals surface area contributed by atoms with E-state index in [0.717, 1.165) is 17.1 Å². The Morgan fingerprint density at radius 2 is 2.06 bits per heavy atom. The van der Waals surface area contributed by atoms with Crippen LogP contribution in [0.4, 0.5) is 5.69 Å². The molecule has 0 saturated heterocycles. The van der Waals surface area contributed by atoms with E-state index in [1.165, 1.54) is 0 Å². The summed E-state index contributed by atoms with van der Waals surface area (Å²) in [6.45, 7) is 2.35. The number of hydrogen-bond acceptors (Lipinski definition) is 4. The normalized spacial score (nSPS) is 10.5. The van der Waals surface area contributed by atoms with Crippen molar-refractivity contribution in [2.75, 3.05) is 5.32 Å². The van der Waals surface area contributed by atoms with E-state index in [0.29, 0.717) is 17.5 Å². The highest BCUT2D eigenvalue weighted by atomic mass is 35.5. The van der Waals surface area contributed by atoms with Gasteiger partial charge in [-0.05, 0) is 31.2 Å². The maximum atomic E-state index is 8.87. The number of nitrogens with zero attached hydrogens (tertiary/aromatic N) is 1. The van der Waals surface area contributed by atoms with Crippen LogP contribution in [0.3, 0.4) is 0 Å². The lowest BCUT2D eigenvalue weighted by atomic mass is 10.3. The third-order valence-corrected chi connectivity index (χ3v) is 2.59. The van der Waals surface area contributed by atoms with Gasteiger partial charge in [0, 0.05) is 0 Å². The van der Waals surface area contributed by atoms with Gasteiger partial charge in [0.15, 0.2) is 0 Å². The predicted molar refractivity (Wildman–Crippen MR) is 65.9 cm³/mol. The van der Waals surface area contributed by atoms with Crippen LogP contribution in [-0.4, -0.2) is 10.1 Å². The first-order chi connectivity index (χ1) is 8.19. The molecular weight excluding hydrogens is 240 g/mol. The number of anilines is 1. The summed E-state index contributed by atoms with van der Waals surface area (Å²) in [5.74, 6) is 1.33. The topological polar surface area (TPSA) is 58.3 Å². The van der Waals surface area contributed by atoms with E-state index in [1.807, 2.05) is 19.1 Å². The number of hydrogen-bond donors (Lipinski definition) is 2. The van der Waals surface area contributed by atoms with Gasteiger partial charge < -0.3 is 14.8 Å². The Hall–Kier alpha value is -1.52. The molecule has 2 N–H and O–H groups in total. The van der Waals surface area contributed by atoms with Gasteiger partial charge in [-0.2, -0.15) is 0 Å². The SMILES string of the molecule is Cc1nc(Cl)ccc1NCc1ccc(CO)o1. The Kier molecular flexibility index (Phi) is 3.66. The Bertz CT molecular complexity index is 511. The molecule has 0 amide bonds. The van der Waals surface area contributed by atoms with Crippen LogP contribution in [0.1, 0.15) is 17.2 Å². The van der Waals surface area contributed by atoms with E-state index in [1.54, 1.807) is 12.1 Å². The van der Waals surface area contributed by atoms with Crippen LogP contribution in [0, 0.1) is 6.92 Å². The summed E-state index contributed by atoms with van der Waals surface area (Å²) in [5.41, 5.74) is 1.75. The number of nitrogens with one attached hydrogen (secondary N) is 1. The van der Waals surface area contributed by atoms with Gasteiger partial charge in [-0.15, -0.1) is 0 Å². The molecule has 0 aliphatic rings. The molecule has 0 aliphatic heterocycles. The Balaban J connectivity index is 2.02. The molecule has 0 fully saturated rings. The number of halogens is 1. The van der Waals surface area contributed by atoms with Crippen molar-refractivity contribution in [3.05, 3.63) is 46.6 Å². The van der Waals surface area contributed by atoms with E-state index >= 15 is 0 Å². The minimum absolute atomic E-state index is 0.0818. The van der Waals surface area contributed by atoms with Crippen molar-refractivity contribution in [1.29, 1.82) is 0 Å². The molecule has 2 heterocycles. The van der Waals surface area contributed by atoms with E-state index < -0.39 is 0 Å². The predicted octanol–water partition coefficient (Wildman–Crippen LogP) is 2.74. The minimum atomic E-state index is -0.0818. The van der Waals surface area contributed by atoms with Crippen LogP contribution in [0.15, 0.2) is 28.7 Å². The molecule has 2 rings (SSSR count). The highest BCUT2D eigenvalue weighted by molar-refractivity contribution is 6.29. The third-order valence-electron chi connectivity index (χ3n) is 2.38. The zero-order valence-corrected chi connectivity index (χ0v) is 10.2. The fraction of sp³-hybridized carbons (Fsp3) is 0.250. The van der Waals surface area contributed by atoms with Gasteiger partial charge in [-0.25, -0.2) is 4.98 Å². The first kappa shape index (κ1) is 12.0. The van der Waals surface area contributed by atoms with E-state index in [2.05, 4.69) is 10.3 Å². The molecule has 0 atom stereocenters. The first-order valence-electron chi connectivity index (χ1n) is 5.24. The van der Waals surface area contributed by atoms with Crippen LogP contribution in [0.2, 0.25) is 5.15 Å². The quantitative estimate of drug-likeness (QED) is 0.822. The van der Waals surface area contributed by atoms with Gasteiger partial charge in [-0.3, -0.25) is 0 Å². The second-order valence-electron chi connectivity index (χ2n) is 3.65. The van der Waals surface area contributed by atoms with Crippen molar-refractivity contribution >= 4 is 17.3 Å².